The molecule has 84 valence electrons. The van der Waals surface area contributed by atoms with E-state index in [1.165, 1.54) is 0 Å². The van der Waals surface area contributed by atoms with Crippen molar-refractivity contribution in [3.63, 3.8) is 0 Å². The molecule has 0 atom stereocenters. The second-order valence-corrected chi connectivity index (χ2v) is 2.68. The monoisotopic (exact) mass is 247 g/mol. The first-order chi connectivity index (χ1) is 6.91. The highest BCUT2D eigenvalue weighted by Gasteiger charge is 2.21. The topological polar surface area (TPSA) is 22.1 Å². The summed E-state index contributed by atoms with van der Waals surface area (Å²) in [5.41, 5.74) is -1.12. The molecule has 0 saturated carbocycles. The van der Waals surface area contributed by atoms with E-state index in [4.69, 9.17) is 11.6 Å². The van der Waals surface area contributed by atoms with Gasteiger partial charge in [0.2, 0.25) is 0 Å². The van der Waals surface area contributed by atoms with Gasteiger partial charge in [0, 0.05) is 6.07 Å². The molecular formula is C7H3ClF5NO. The lowest BCUT2D eigenvalue weighted by Gasteiger charge is -2.09. The number of nitrogens with zero attached hydrogens (tertiary/aromatic N) is 1. The largest absolute Gasteiger partial charge is 0.433 e. The van der Waals surface area contributed by atoms with Gasteiger partial charge < -0.3 is 4.74 Å². The maximum absolute atomic E-state index is 12.7. The second-order valence-electron chi connectivity index (χ2n) is 2.32. The van der Waals surface area contributed by atoms with Crippen molar-refractivity contribution in [2.24, 2.45) is 0 Å². The van der Waals surface area contributed by atoms with Crippen LogP contribution in [0.3, 0.4) is 0 Å². The van der Waals surface area contributed by atoms with Crippen LogP contribution < -0.4 is 4.74 Å². The summed E-state index contributed by atoms with van der Waals surface area (Å²) in [6.07, 6.45) is -3.18. The van der Waals surface area contributed by atoms with Crippen molar-refractivity contribution in [1.29, 1.82) is 0 Å². The number of rotatable bonds is 3. The normalized spacial score (nSPS) is 11.2. The van der Waals surface area contributed by atoms with E-state index >= 15 is 0 Å². The number of alkyl halides is 4. The molecule has 15 heavy (non-hydrogen) atoms. The smallest absolute Gasteiger partial charge is 0.387 e. The Kier molecular flexibility index (Phi) is 3.67. The molecule has 0 aliphatic rings. The lowest BCUT2D eigenvalue weighted by atomic mass is 10.3. The molecule has 0 aliphatic heterocycles. The Hall–Kier alpha value is -1.11. The lowest BCUT2D eigenvalue weighted by molar-refractivity contribution is -0.0526. The number of halogens is 6. The molecule has 1 aromatic rings. The van der Waals surface area contributed by atoms with Crippen molar-refractivity contribution >= 4 is 11.6 Å². The Morgan fingerprint density at radius 2 is 1.87 bits per heavy atom. The highest BCUT2D eigenvalue weighted by Crippen LogP contribution is 2.31. The molecule has 1 aromatic heterocycles. The standard InChI is InChI=1S/C7H3ClF5NO/c8-5-2(9)1-3(15-7(12)13)4(14-5)6(10)11/h1,6-7H. The first-order valence-corrected chi connectivity index (χ1v) is 3.88. The van der Waals surface area contributed by atoms with E-state index < -0.39 is 35.5 Å². The van der Waals surface area contributed by atoms with Crippen molar-refractivity contribution in [2.45, 2.75) is 13.0 Å². The van der Waals surface area contributed by atoms with Gasteiger partial charge in [-0.3, -0.25) is 0 Å². The summed E-state index contributed by atoms with van der Waals surface area (Å²) < 4.78 is 64.3. The number of hydrogen-bond donors (Lipinski definition) is 0. The van der Waals surface area contributed by atoms with Crippen molar-refractivity contribution in [2.75, 3.05) is 0 Å². The highest BCUT2D eigenvalue weighted by molar-refractivity contribution is 6.29. The zero-order valence-corrected chi connectivity index (χ0v) is 7.61. The average Bonchev–Trinajstić information content (AvgIpc) is 2.09. The number of pyridine rings is 1. The van der Waals surface area contributed by atoms with Crippen LogP contribution in [0.2, 0.25) is 5.15 Å². The van der Waals surface area contributed by atoms with Gasteiger partial charge in [-0.15, -0.1) is 0 Å². The third kappa shape index (κ3) is 2.92. The molecule has 0 spiro atoms. The molecule has 0 aliphatic carbocycles. The third-order valence-corrected chi connectivity index (χ3v) is 1.61. The highest BCUT2D eigenvalue weighted by atomic mass is 35.5. The van der Waals surface area contributed by atoms with Crippen LogP contribution >= 0.6 is 11.6 Å². The summed E-state index contributed by atoms with van der Waals surface area (Å²) in [6.45, 7) is -3.34. The molecule has 0 bridgehead atoms. The predicted octanol–water partition coefficient (Wildman–Crippen LogP) is 3.41. The second kappa shape index (κ2) is 4.61. The number of hydrogen-bond acceptors (Lipinski definition) is 2. The lowest BCUT2D eigenvalue weighted by Crippen LogP contribution is -2.07. The fourth-order valence-corrected chi connectivity index (χ4v) is 0.955. The first kappa shape index (κ1) is 12.0. The SMILES string of the molecule is Fc1cc(OC(F)F)c(C(F)F)nc1Cl. The van der Waals surface area contributed by atoms with E-state index in [-0.39, 0.29) is 0 Å². The van der Waals surface area contributed by atoms with Gasteiger partial charge in [-0.25, -0.2) is 18.2 Å². The van der Waals surface area contributed by atoms with Gasteiger partial charge in [-0.2, -0.15) is 8.78 Å². The number of aromatic nitrogens is 1. The Bertz CT molecular complexity index is 359. The maximum Gasteiger partial charge on any atom is 0.387 e. The van der Waals surface area contributed by atoms with Crippen LogP contribution in [0.1, 0.15) is 12.1 Å². The molecule has 0 radical (unpaired) electrons. The van der Waals surface area contributed by atoms with Crippen molar-refractivity contribution in [1.82, 2.24) is 4.98 Å². The van der Waals surface area contributed by atoms with Gasteiger partial charge in [0.05, 0.1) is 0 Å². The number of ether oxygens (including phenoxy) is 1. The quantitative estimate of drug-likeness (QED) is 0.603. The van der Waals surface area contributed by atoms with E-state index in [1.54, 1.807) is 0 Å². The Morgan fingerprint density at radius 3 is 2.33 bits per heavy atom. The molecule has 1 rings (SSSR count). The van der Waals surface area contributed by atoms with Crippen molar-refractivity contribution < 1.29 is 26.7 Å². The minimum Gasteiger partial charge on any atom is -0.433 e. The average molecular weight is 248 g/mol. The van der Waals surface area contributed by atoms with Gasteiger partial charge in [0.25, 0.3) is 6.43 Å². The molecule has 2 nitrogen and oxygen atoms in total. The van der Waals surface area contributed by atoms with Gasteiger partial charge in [0.1, 0.15) is 0 Å². The fourth-order valence-electron chi connectivity index (χ4n) is 0.810. The molecule has 1 heterocycles. The molecule has 8 heteroatoms. The van der Waals surface area contributed by atoms with Gasteiger partial charge in [-0.05, 0) is 0 Å². The van der Waals surface area contributed by atoms with Crippen LogP contribution in [0.15, 0.2) is 6.07 Å². The Morgan fingerprint density at radius 1 is 1.27 bits per heavy atom. The van der Waals surface area contributed by atoms with Crippen molar-refractivity contribution in [3.05, 3.63) is 22.7 Å². The fraction of sp³-hybridized carbons (Fsp3) is 0.286. The maximum atomic E-state index is 12.7. The molecule has 0 amide bonds. The van der Waals surface area contributed by atoms with Crippen molar-refractivity contribution in [3.8, 4) is 5.75 Å². The van der Waals surface area contributed by atoms with Crippen LogP contribution in [0.25, 0.3) is 0 Å². The van der Waals surface area contributed by atoms with Crippen LogP contribution in [0.4, 0.5) is 22.0 Å². The molecule has 0 aromatic carbocycles. The Labute approximate surface area is 85.6 Å². The van der Waals surface area contributed by atoms with Crippen LogP contribution in [-0.2, 0) is 0 Å². The predicted molar refractivity (Wildman–Crippen MR) is 40.8 cm³/mol. The van der Waals surface area contributed by atoms with Gasteiger partial charge >= 0.3 is 6.61 Å². The van der Waals surface area contributed by atoms with E-state index in [1.807, 2.05) is 0 Å². The van der Waals surface area contributed by atoms with E-state index in [0.717, 1.165) is 0 Å². The molecule has 0 unspecified atom stereocenters. The molecule has 0 fully saturated rings. The van der Waals surface area contributed by atoms with Crippen LogP contribution in [0.5, 0.6) is 5.75 Å². The summed E-state index contributed by atoms with van der Waals surface area (Å²) in [6, 6.07) is 0.336. The Balaban J connectivity index is 3.16. The minimum absolute atomic E-state index is 0.336. The first-order valence-electron chi connectivity index (χ1n) is 3.50. The van der Waals surface area contributed by atoms with Gasteiger partial charge in [0.15, 0.2) is 22.4 Å². The molecule has 0 N–H and O–H groups in total. The third-order valence-electron chi connectivity index (χ3n) is 1.35. The van der Waals surface area contributed by atoms with Gasteiger partial charge in [-0.1, -0.05) is 11.6 Å². The van der Waals surface area contributed by atoms with E-state index in [0.29, 0.717) is 6.07 Å². The minimum atomic E-state index is -3.34. The zero-order chi connectivity index (χ0) is 11.6. The summed E-state index contributed by atoms with van der Waals surface area (Å²) in [5.74, 6) is -2.24. The zero-order valence-electron chi connectivity index (χ0n) is 6.86. The summed E-state index contributed by atoms with van der Waals surface area (Å²) in [5, 5.41) is -0.827. The molecular weight excluding hydrogens is 245 g/mol. The van der Waals surface area contributed by atoms with E-state index in [9.17, 15) is 22.0 Å². The summed E-state index contributed by atoms with van der Waals surface area (Å²) in [4.78, 5) is 2.91. The summed E-state index contributed by atoms with van der Waals surface area (Å²) in [7, 11) is 0. The molecule has 0 saturated heterocycles. The van der Waals surface area contributed by atoms with E-state index in [2.05, 4.69) is 9.72 Å². The van der Waals surface area contributed by atoms with Crippen LogP contribution in [0, 0.1) is 5.82 Å². The van der Waals surface area contributed by atoms with Crippen LogP contribution in [-0.4, -0.2) is 11.6 Å². The summed E-state index contributed by atoms with van der Waals surface area (Å²) >= 11 is 5.10.